The highest BCUT2D eigenvalue weighted by Gasteiger charge is 2.10. The van der Waals surface area contributed by atoms with E-state index in [1.165, 1.54) is 17.6 Å². The topological polar surface area (TPSA) is 116 Å². The summed E-state index contributed by atoms with van der Waals surface area (Å²) < 4.78 is 0. The van der Waals surface area contributed by atoms with Gasteiger partial charge in [-0.1, -0.05) is 18.2 Å². The molecule has 2 rings (SSSR count). The first-order chi connectivity index (χ1) is 11.7. The lowest BCUT2D eigenvalue weighted by molar-refractivity contribution is -0.109. The van der Waals surface area contributed by atoms with Crippen LogP contribution in [0.25, 0.3) is 5.57 Å². The number of benzene rings is 1. The second-order valence-electron chi connectivity index (χ2n) is 4.71. The molecule has 7 nitrogen and oxygen atoms in total. The molecule has 0 atom stereocenters. The fourth-order valence-corrected chi connectivity index (χ4v) is 2.98. The lowest BCUT2D eigenvalue weighted by atomic mass is 10.0. The molecule has 1 amide bonds. The standard InChI is InChI=1S/C16H18N6OS/c1-19-16-15(24-10-20-16)12(8-21-22-9-23)6-5-11-3-2-4-14(18)13(11)7-17/h2-4,6-10,17,19H,5,18H2,1H3,(H,22,23)/b12-6+,17-7?,21-8-. The lowest BCUT2D eigenvalue weighted by Gasteiger charge is -2.07. The normalized spacial score (nSPS) is 11.5. The minimum absolute atomic E-state index is 0.505. The van der Waals surface area contributed by atoms with E-state index in [4.69, 9.17) is 11.1 Å². The third-order valence-corrected chi connectivity index (χ3v) is 4.19. The number of hydrazone groups is 1. The maximum Gasteiger partial charge on any atom is 0.227 e. The van der Waals surface area contributed by atoms with Gasteiger partial charge in [0.05, 0.1) is 16.6 Å². The highest BCUT2D eigenvalue weighted by molar-refractivity contribution is 7.11. The molecule has 1 heterocycles. The van der Waals surface area contributed by atoms with Crippen molar-refractivity contribution >= 4 is 47.3 Å². The van der Waals surface area contributed by atoms with Crippen molar-refractivity contribution in [3.8, 4) is 0 Å². The van der Waals surface area contributed by atoms with E-state index in [1.807, 2.05) is 18.2 Å². The van der Waals surface area contributed by atoms with Gasteiger partial charge in [-0.2, -0.15) is 5.10 Å². The number of hydrogen-bond donors (Lipinski definition) is 4. The van der Waals surface area contributed by atoms with Crippen molar-refractivity contribution in [1.29, 1.82) is 5.41 Å². The van der Waals surface area contributed by atoms with Crippen molar-refractivity contribution < 1.29 is 4.79 Å². The van der Waals surface area contributed by atoms with Crippen LogP contribution < -0.4 is 16.5 Å². The highest BCUT2D eigenvalue weighted by Crippen LogP contribution is 2.27. The molecule has 0 radical (unpaired) electrons. The lowest BCUT2D eigenvalue weighted by Crippen LogP contribution is -2.02. The molecule has 0 aliphatic rings. The quantitative estimate of drug-likeness (QED) is 0.254. The van der Waals surface area contributed by atoms with Crippen molar-refractivity contribution in [2.24, 2.45) is 5.10 Å². The number of nitrogen functional groups attached to an aromatic ring is 1. The Balaban J connectivity index is 2.37. The molecule has 1 aromatic heterocycles. The SMILES string of the molecule is CNc1ncsc1C(/C=N\NC=O)=C/Cc1cccc(N)c1C=N. The van der Waals surface area contributed by atoms with E-state index in [9.17, 15) is 4.79 Å². The predicted molar refractivity (Wildman–Crippen MR) is 99.8 cm³/mol. The zero-order valence-corrected chi connectivity index (χ0v) is 13.9. The van der Waals surface area contributed by atoms with Gasteiger partial charge in [-0.05, 0) is 18.1 Å². The third-order valence-electron chi connectivity index (χ3n) is 3.31. The van der Waals surface area contributed by atoms with Gasteiger partial charge in [0.25, 0.3) is 0 Å². The Hall–Kier alpha value is -3.00. The fraction of sp³-hybridized carbons (Fsp3) is 0.125. The first kappa shape index (κ1) is 17.4. The summed E-state index contributed by atoms with van der Waals surface area (Å²) in [5.74, 6) is 0.739. The number of amides is 1. The number of anilines is 2. The van der Waals surface area contributed by atoms with Crippen LogP contribution >= 0.6 is 11.3 Å². The minimum atomic E-state index is 0.505. The maximum absolute atomic E-state index is 10.4. The number of aromatic nitrogens is 1. The maximum atomic E-state index is 10.4. The van der Waals surface area contributed by atoms with E-state index in [1.54, 1.807) is 24.8 Å². The van der Waals surface area contributed by atoms with Crippen molar-refractivity contribution in [3.63, 3.8) is 0 Å². The number of nitrogens with zero attached hydrogens (tertiary/aromatic N) is 2. The molecule has 1 aromatic carbocycles. The van der Waals surface area contributed by atoms with E-state index in [-0.39, 0.29) is 0 Å². The molecule has 124 valence electrons. The smallest absolute Gasteiger partial charge is 0.227 e. The fourth-order valence-electron chi connectivity index (χ4n) is 2.18. The molecule has 0 saturated carbocycles. The Morgan fingerprint density at radius 3 is 3.04 bits per heavy atom. The van der Waals surface area contributed by atoms with E-state index in [2.05, 4.69) is 20.8 Å². The number of hydrogen-bond acceptors (Lipinski definition) is 7. The van der Waals surface area contributed by atoms with Crippen LogP contribution in [-0.2, 0) is 11.2 Å². The number of rotatable bonds is 8. The second-order valence-corrected chi connectivity index (χ2v) is 5.57. The van der Waals surface area contributed by atoms with Crippen molar-refractivity contribution in [2.45, 2.75) is 6.42 Å². The average molecular weight is 342 g/mol. The number of nitrogens with one attached hydrogen (secondary N) is 3. The molecule has 24 heavy (non-hydrogen) atoms. The minimum Gasteiger partial charge on any atom is -0.398 e. The molecule has 0 unspecified atom stereocenters. The summed E-state index contributed by atoms with van der Waals surface area (Å²) in [4.78, 5) is 15.5. The van der Waals surface area contributed by atoms with Gasteiger partial charge in [0.15, 0.2) is 0 Å². The van der Waals surface area contributed by atoms with Gasteiger partial charge >= 0.3 is 0 Å². The van der Waals surface area contributed by atoms with E-state index < -0.39 is 0 Å². The van der Waals surface area contributed by atoms with Crippen molar-refractivity contribution in [1.82, 2.24) is 10.4 Å². The van der Waals surface area contributed by atoms with Crippen LogP contribution in [0.4, 0.5) is 11.5 Å². The van der Waals surface area contributed by atoms with Crippen LogP contribution in [0, 0.1) is 5.41 Å². The molecular weight excluding hydrogens is 324 g/mol. The Bertz CT molecular complexity index is 781. The number of allylic oxidation sites excluding steroid dienone is 2. The summed E-state index contributed by atoms with van der Waals surface area (Å²) in [5, 5.41) is 14.4. The van der Waals surface area contributed by atoms with E-state index >= 15 is 0 Å². The molecular formula is C16H18N6OS. The zero-order valence-electron chi connectivity index (χ0n) is 13.1. The van der Waals surface area contributed by atoms with Gasteiger partial charge in [0.1, 0.15) is 5.82 Å². The first-order valence-electron chi connectivity index (χ1n) is 7.13. The number of carbonyl (C=O) groups excluding carboxylic acids is 1. The van der Waals surface area contributed by atoms with Crippen LogP contribution in [0.15, 0.2) is 34.9 Å². The zero-order chi connectivity index (χ0) is 17.4. The third kappa shape index (κ3) is 4.05. The molecule has 2 aromatic rings. The molecule has 0 spiro atoms. The van der Waals surface area contributed by atoms with Gasteiger partial charge in [-0.3, -0.25) is 4.79 Å². The van der Waals surface area contributed by atoms with E-state index in [0.29, 0.717) is 24.1 Å². The summed E-state index contributed by atoms with van der Waals surface area (Å²) in [7, 11) is 1.79. The van der Waals surface area contributed by atoms with Gasteiger partial charge in [0.2, 0.25) is 6.41 Å². The average Bonchev–Trinajstić information content (AvgIpc) is 3.06. The number of thiazole rings is 1. The monoisotopic (exact) mass is 342 g/mol. The Kier molecular flexibility index (Phi) is 6.21. The predicted octanol–water partition coefficient (Wildman–Crippen LogP) is 2.12. The van der Waals surface area contributed by atoms with Crippen LogP contribution in [-0.4, -0.2) is 30.9 Å². The molecule has 8 heteroatoms. The summed E-state index contributed by atoms with van der Waals surface area (Å²) in [6.45, 7) is 0. The molecule has 0 saturated heterocycles. The Labute approximate surface area is 143 Å². The summed E-state index contributed by atoms with van der Waals surface area (Å²) in [6, 6.07) is 5.56. The number of nitrogens with two attached hydrogens (primary N) is 1. The van der Waals surface area contributed by atoms with Crippen molar-refractivity contribution in [2.75, 3.05) is 18.1 Å². The van der Waals surface area contributed by atoms with Gasteiger partial charge in [0, 0.05) is 30.1 Å². The van der Waals surface area contributed by atoms with Crippen LogP contribution in [0.2, 0.25) is 0 Å². The first-order valence-corrected chi connectivity index (χ1v) is 8.01. The van der Waals surface area contributed by atoms with Gasteiger partial charge in [-0.25, -0.2) is 10.4 Å². The van der Waals surface area contributed by atoms with Crippen LogP contribution in [0.1, 0.15) is 16.0 Å². The molecule has 0 bridgehead atoms. The largest absolute Gasteiger partial charge is 0.398 e. The van der Waals surface area contributed by atoms with Crippen molar-refractivity contribution in [3.05, 3.63) is 45.8 Å². The summed E-state index contributed by atoms with van der Waals surface area (Å²) in [5.41, 5.74) is 12.9. The van der Waals surface area contributed by atoms with Gasteiger partial charge in [-0.15, -0.1) is 11.3 Å². The molecule has 5 N–H and O–H groups in total. The molecule has 0 fully saturated rings. The Morgan fingerprint density at radius 1 is 1.50 bits per heavy atom. The molecule has 0 aliphatic heterocycles. The number of carbonyl (C=O) groups is 1. The van der Waals surface area contributed by atoms with Crippen LogP contribution in [0.3, 0.4) is 0 Å². The van der Waals surface area contributed by atoms with Gasteiger partial charge < -0.3 is 16.5 Å². The highest BCUT2D eigenvalue weighted by atomic mass is 32.1. The van der Waals surface area contributed by atoms with Crippen LogP contribution in [0.5, 0.6) is 0 Å². The van der Waals surface area contributed by atoms with E-state index in [0.717, 1.165) is 21.8 Å². The summed E-state index contributed by atoms with van der Waals surface area (Å²) in [6.07, 6.45) is 5.86. The second kappa shape index (κ2) is 8.59. The Morgan fingerprint density at radius 2 is 2.33 bits per heavy atom. The molecule has 0 aliphatic carbocycles. The summed E-state index contributed by atoms with van der Waals surface area (Å²) >= 11 is 1.47.